The van der Waals surface area contributed by atoms with E-state index in [9.17, 15) is 9.90 Å². The van der Waals surface area contributed by atoms with Gasteiger partial charge in [-0.1, -0.05) is 6.92 Å². The third-order valence-electron chi connectivity index (χ3n) is 2.22. The summed E-state index contributed by atoms with van der Waals surface area (Å²) in [6.07, 6.45) is 0.719. The van der Waals surface area contributed by atoms with Gasteiger partial charge in [-0.15, -0.1) is 0 Å². The Morgan fingerprint density at radius 3 is 3.00 bits per heavy atom. The number of aromatic hydroxyl groups is 1. The summed E-state index contributed by atoms with van der Waals surface area (Å²) in [6.45, 7) is 1.95. The van der Waals surface area contributed by atoms with Crippen LogP contribution in [0.1, 0.15) is 12.6 Å². The molecule has 0 bridgehead atoms. The molecule has 0 aliphatic heterocycles. The summed E-state index contributed by atoms with van der Waals surface area (Å²) in [5, 5.41) is 14.4. The molecular weight excluding hydrogens is 182 g/mol. The lowest BCUT2D eigenvalue weighted by atomic mass is 10.2. The fourth-order valence-corrected chi connectivity index (χ4v) is 1.59. The number of fused-ring (bicyclic) bond motifs is 1. The van der Waals surface area contributed by atoms with Gasteiger partial charge in [-0.25, -0.2) is 0 Å². The van der Waals surface area contributed by atoms with Crippen LogP contribution in [-0.2, 0) is 13.5 Å². The van der Waals surface area contributed by atoms with Gasteiger partial charge in [0.2, 0.25) is 0 Å². The highest BCUT2D eigenvalue weighted by atomic mass is 16.3. The first-order valence-corrected chi connectivity index (χ1v) is 4.41. The summed E-state index contributed by atoms with van der Waals surface area (Å²) in [5.74, 6) is -0.00583. The molecule has 14 heavy (non-hydrogen) atoms. The molecule has 0 unspecified atom stereocenters. The van der Waals surface area contributed by atoms with Crippen molar-refractivity contribution < 1.29 is 5.11 Å². The number of hydrogen-bond donors (Lipinski definition) is 2. The molecule has 0 fully saturated rings. The predicted octanol–water partition coefficient (Wildman–Crippen LogP) is 0.530. The third kappa shape index (κ3) is 1.09. The molecule has 0 amide bonds. The van der Waals surface area contributed by atoms with Crippen LogP contribution in [0.25, 0.3) is 11.0 Å². The van der Waals surface area contributed by atoms with Crippen molar-refractivity contribution in [2.75, 3.05) is 0 Å². The van der Waals surface area contributed by atoms with E-state index in [0.717, 1.165) is 12.1 Å². The zero-order valence-electron chi connectivity index (χ0n) is 8.03. The van der Waals surface area contributed by atoms with E-state index < -0.39 is 0 Å². The van der Waals surface area contributed by atoms with Crippen LogP contribution >= 0.6 is 0 Å². The largest absolute Gasteiger partial charge is 0.507 e. The lowest BCUT2D eigenvalue weighted by molar-refractivity contribution is 0.480. The Morgan fingerprint density at radius 1 is 1.64 bits per heavy atom. The zero-order valence-corrected chi connectivity index (χ0v) is 8.03. The molecule has 0 aliphatic carbocycles. The number of pyridine rings is 1. The Morgan fingerprint density at radius 2 is 2.36 bits per heavy atom. The van der Waals surface area contributed by atoms with Crippen molar-refractivity contribution in [1.82, 2.24) is 14.8 Å². The van der Waals surface area contributed by atoms with Crippen LogP contribution in [0.2, 0.25) is 0 Å². The number of nitrogens with one attached hydrogen (secondary N) is 1. The minimum absolute atomic E-state index is 0.00583. The summed E-state index contributed by atoms with van der Waals surface area (Å²) >= 11 is 0. The number of aromatic amines is 1. The van der Waals surface area contributed by atoms with E-state index >= 15 is 0 Å². The van der Waals surface area contributed by atoms with E-state index in [2.05, 4.69) is 10.1 Å². The summed E-state index contributed by atoms with van der Waals surface area (Å²) in [7, 11) is 1.73. The summed E-state index contributed by atoms with van der Waals surface area (Å²) < 4.78 is 1.56. The number of aryl methyl sites for hydroxylation is 2. The number of nitrogens with zero attached hydrogens (tertiary/aromatic N) is 2. The van der Waals surface area contributed by atoms with Crippen molar-refractivity contribution in [2.45, 2.75) is 13.3 Å². The summed E-state index contributed by atoms with van der Waals surface area (Å²) in [4.78, 5) is 13.7. The number of H-pyrrole nitrogens is 1. The fourth-order valence-electron chi connectivity index (χ4n) is 1.59. The van der Waals surface area contributed by atoms with Gasteiger partial charge in [0.05, 0.1) is 11.1 Å². The molecule has 0 aromatic carbocycles. The lowest BCUT2D eigenvalue weighted by Gasteiger charge is -1.95. The molecule has 0 saturated heterocycles. The van der Waals surface area contributed by atoms with Crippen molar-refractivity contribution in [1.29, 1.82) is 0 Å². The van der Waals surface area contributed by atoms with Gasteiger partial charge < -0.3 is 10.1 Å². The molecule has 2 rings (SSSR count). The summed E-state index contributed by atoms with van der Waals surface area (Å²) in [6, 6.07) is 1.17. The molecule has 0 saturated carbocycles. The van der Waals surface area contributed by atoms with Crippen LogP contribution < -0.4 is 5.56 Å². The van der Waals surface area contributed by atoms with Crippen LogP contribution in [0.15, 0.2) is 10.9 Å². The predicted molar refractivity (Wildman–Crippen MR) is 52.4 cm³/mol. The van der Waals surface area contributed by atoms with Gasteiger partial charge in [0.25, 0.3) is 5.56 Å². The average Bonchev–Trinajstić information content (AvgIpc) is 2.43. The molecule has 0 aliphatic rings. The molecule has 0 radical (unpaired) electrons. The van der Waals surface area contributed by atoms with E-state index in [1.807, 2.05) is 6.92 Å². The third-order valence-corrected chi connectivity index (χ3v) is 2.22. The Labute approximate surface area is 80.0 Å². The van der Waals surface area contributed by atoms with Gasteiger partial charge in [0, 0.05) is 13.1 Å². The van der Waals surface area contributed by atoms with Crippen LogP contribution in [0.5, 0.6) is 5.75 Å². The molecule has 2 aromatic rings. The second-order valence-electron chi connectivity index (χ2n) is 3.17. The minimum atomic E-state index is -0.319. The fraction of sp³-hybridized carbons (Fsp3) is 0.333. The second-order valence-corrected chi connectivity index (χ2v) is 3.17. The minimum Gasteiger partial charge on any atom is -0.507 e. The standard InChI is InChI=1S/C9H11N3O2/c1-3-5-8-6(13)4-7(14)10-9(8)12(2)11-5/h4H,3H2,1-2H3,(H2,10,13,14). The molecule has 5 nitrogen and oxygen atoms in total. The van der Waals surface area contributed by atoms with Crippen LogP contribution in [0, 0.1) is 0 Å². The van der Waals surface area contributed by atoms with Gasteiger partial charge in [0.1, 0.15) is 11.4 Å². The second kappa shape index (κ2) is 2.87. The van der Waals surface area contributed by atoms with Crippen molar-refractivity contribution in [3.8, 4) is 5.75 Å². The topological polar surface area (TPSA) is 70.9 Å². The van der Waals surface area contributed by atoms with E-state index in [-0.39, 0.29) is 11.3 Å². The molecule has 0 atom stereocenters. The highest BCUT2D eigenvalue weighted by molar-refractivity contribution is 5.84. The highest BCUT2D eigenvalue weighted by Gasteiger charge is 2.12. The normalized spacial score (nSPS) is 11.0. The number of aromatic nitrogens is 3. The van der Waals surface area contributed by atoms with E-state index in [1.54, 1.807) is 11.7 Å². The maximum atomic E-state index is 11.1. The maximum Gasteiger partial charge on any atom is 0.253 e. The van der Waals surface area contributed by atoms with Crippen LogP contribution in [0.4, 0.5) is 0 Å². The smallest absolute Gasteiger partial charge is 0.253 e. The Bertz CT molecular complexity index is 539. The van der Waals surface area contributed by atoms with Crippen molar-refractivity contribution in [3.63, 3.8) is 0 Å². The molecule has 5 heteroatoms. The van der Waals surface area contributed by atoms with Gasteiger partial charge in [-0.05, 0) is 6.42 Å². The highest BCUT2D eigenvalue weighted by Crippen LogP contribution is 2.24. The average molecular weight is 193 g/mol. The maximum absolute atomic E-state index is 11.1. The van der Waals surface area contributed by atoms with Crippen LogP contribution in [-0.4, -0.2) is 19.9 Å². The SMILES string of the molecule is CCc1nn(C)c2[nH]c(=O)cc(O)c12. The number of hydrogen-bond acceptors (Lipinski definition) is 3. The van der Waals surface area contributed by atoms with Crippen molar-refractivity contribution in [2.24, 2.45) is 7.05 Å². The quantitative estimate of drug-likeness (QED) is 0.694. The molecule has 2 N–H and O–H groups in total. The van der Waals surface area contributed by atoms with Crippen molar-refractivity contribution >= 4 is 11.0 Å². The lowest BCUT2D eigenvalue weighted by Crippen LogP contribution is -2.05. The molecular formula is C9H11N3O2. The molecule has 74 valence electrons. The van der Waals surface area contributed by atoms with Gasteiger partial charge in [0.15, 0.2) is 0 Å². The van der Waals surface area contributed by atoms with Gasteiger partial charge >= 0.3 is 0 Å². The van der Waals surface area contributed by atoms with Crippen LogP contribution in [0.3, 0.4) is 0 Å². The first-order chi connectivity index (χ1) is 6.63. The van der Waals surface area contributed by atoms with Crippen molar-refractivity contribution in [3.05, 3.63) is 22.1 Å². The Kier molecular flexibility index (Phi) is 1.80. The molecule has 2 heterocycles. The van der Waals surface area contributed by atoms with E-state index in [1.165, 1.54) is 6.07 Å². The molecule has 2 aromatic heterocycles. The van der Waals surface area contributed by atoms with Gasteiger partial charge in [-0.3, -0.25) is 9.48 Å². The Balaban J connectivity index is 2.96. The zero-order chi connectivity index (χ0) is 10.3. The van der Waals surface area contributed by atoms with E-state index in [0.29, 0.717) is 11.0 Å². The first kappa shape index (κ1) is 8.80. The Hall–Kier alpha value is -1.78. The van der Waals surface area contributed by atoms with Gasteiger partial charge in [-0.2, -0.15) is 5.10 Å². The van der Waals surface area contributed by atoms with E-state index in [4.69, 9.17) is 0 Å². The monoisotopic (exact) mass is 193 g/mol. The summed E-state index contributed by atoms with van der Waals surface area (Å²) in [5.41, 5.74) is 1.03. The number of rotatable bonds is 1. The first-order valence-electron chi connectivity index (χ1n) is 4.41. The molecule has 0 spiro atoms.